The molecule has 2 amide bonds. The Labute approximate surface area is 276 Å². The summed E-state index contributed by atoms with van der Waals surface area (Å²) in [4.78, 5) is 34.6. The van der Waals surface area contributed by atoms with Crippen LogP contribution in [0.25, 0.3) is 0 Å². The van der Waals surface area contributed by atoms with Crippen molar-refractivity contribution in [3.05, 3.63) is 65.3 Å². The van der Waals surface area contributed by atoms with Crippen molar-refractivity contribution in [2.75, 3.05) is 38.1 Å². The molecule has 2 N–H and O–H groups in total. The summed E-state index contributed by atoms with van der Waals surface area (Å²) in [7, 11) is -2.38. The minimum atomic E-state index is -4.09. The molecule has 47 heavy (non-hydrogen) atoms. The van der Waals surface area contributed by atoms with E-state index in [2.05, 4.69) is 14.9 Å². The smallest absolute Gasteiger partial charge is 0.267 e. The number of likely N-dealkylation sites (N-methyl/N-ethyl adjacent to an activating group) is 1. The lowest BCUT2D eigenvalue weighted by molar-refractivity contribution is -0.0149. The van der Waals surface area contributed by atoms with E-state index in [1.165, 1.54) is 24.8 Å². The second-order valence-electron chi connectivity index (χ2n) is 12.2. The number of aliphatic hydroxyl groups excluding tert-OH is 1. The van der Waals surface area contributed by atoms with E-state index >= 15 is 0 Å². The van der Waals surface area contributed by atoms with Crippen molar-refractivity contribution in [2.24, 2.45) is 5.92 Å². The van der Waals surface area contributed by atoms with E-state index < -0.39 is 28.1 Å². The number of amides is 2. The first kappa shape index (κ1) is 35.8. The Kier molecular flexibility index (Phi) is 12.0. The van der Waals surface area contributed by atoms with Crippen LogP contribution in [0.15, 0.2) is 52.1 Å². The van der Waals surface area contributed by atoms with Gasteiger partial charge in [0.05, 0.1) is 30.4 Å². The van der Waals surface area contributed by atoms with Crippen LogP contribution < -0.4 is 9.46 Å². The second kappa shape index (κ2) is 15.7. The van der Waals surface area contributed by atoms with E-state index in [1.54, 1.807) is 55.5 Å². The van der Waals surface area contributed by atoms with Gasteiger partial charge in [-0.25, -0.2) is 8.42 Å². The fourth-order valence-electron chi connectivity index (χ4n) is 5.58. The molecule has 3 aromatic rings. The molecule has 0 unspecified atom stereocenters. The summed E-state index contributed by atoms with van der Waals surface area (Å²) < 4.78 is 46.8. The lowest BCUT2D eigenvalue weighted by atomic mass is 10.0. The summed E-state index contributed by atoms with van der Waals surface area (Å²) >= 11 is 0. The Balaban J connectivity index is 1.67. The fraction of sp³-hybridized carbons (Fsp3) is 0.515. The van der Waals surface area contributed by atoms with Crippen molar-refractivity contribution in [1.82, 2.24) is 19.9 Å². The van der Waals surface area contributed by atoms with Crippen LogP contribution in [0.5, 0.6) is 5.75 Å². The van der Waals surface area contributed by atoms with Crippen molar-refractivity contribution in [3.8, 4) is 5.75 Å². The standard InChI is InChI=1S/C33H45N5O8S/c1-21-18-38(22(2)20-39)33(41)28-17-27(36-47(42,43)31-24(4)35-46-25(31)5)10-11-29(28)45-23(3)9-7-8-16-44-30(21)19-37(6)32(40)26-12-14-34-15-13-26/h10-15,17,21-23,30,36,39H,7-9,16,18-20H2,1-6H3/t21-,22+,23-,30+/m0/s1. The maximum Gasteiger partial charge on any atom is 0.267 e. The number of ether oxygens (including phenoxy) is 2. The molecule has 0 saturated heterocycles. The molecule has 0 radical (unpaired) electrons. The van der Waals surface area contributed by atoms with Gasteiger partial charge >= 0.3 is 0 Å². The van der Waals surface area contributed by atoms with E-state index in [1.807, 2.05) is 13.8 Å². The molecule has 1 aromatic carbocycles. The molecule has 13 nitrogen and oxygen atoms in total. The highest BCUT2D eigenvalue weighted by atomic mass is 32.2. The normalized spacial score (nSPS) is 20.4. The fourth-order valence-corrected chi connectivity index (χ4v) is 6.96. The average Bonchev–Trinajstić information content (AvgIpc) is 3.40. The number of anilines is 1. The number of aliphatic hydroxyl groups is 1. The predicted octanol–water partition coefficient (Wildman–Crippen LogP) is 4.05. The summed E-state index contributed by atoms with van der Waals surface area (Å²) in [6, 6.07) is 7.29. The number of carbonyl (C=O) groups is 2. The van der Waals surface area contributed by atoms with Gasteiger partial charge in [0.25, 0.3) is 21.8 Å². The summed E-state index contributed by atoms with van der Waals surface area (Å²) in [6.45, 7) is 9.25. The monoisotopic (exact) mass is 671 g/mol. The molecule has 0 fully saturated rings. The molecule has 256 valence electrons. The van der Waals surface area contributed by atoms with E-state index in [4.69, 9.17) is 14.0 Å². The molecule has 14 heteroatoms. The third kappa shape index (κ3) is 8.87. The molecule has 2 aromatic heterocycles. The van der Waals surface area contributed by atoms with Gasteiger partial charge in [0, 0.05) is 56.3 Å². The third-order valence-electron chi connectivity index (χ3n) is 8.27. The van der Waals surface area contributed by atoms with E-state index in [0.29, 0.717) is 24.3 Å². The van der Waals surface area contributed by atoms with Crippen LogP contribution in [0.2, 0.25) is 0 Å². The van der Waals surface area contributed by atoms with Gasteiger partial charge in [-0.2, -0.15) is 0 Å². The molecule has 3 heterocycles. The molecule has 1 aliphatic heterocycles. The van der Waals surface area contributed by atoms with Gasteiger partial charge in [0.15, 0.2) is 10.7 Å². The van der Waals surface area contributed by atoms with Crippen molar-refractivity contribution in [2.45, 2.75) is 77.0 Å². The number of rotatable bonds is 8. The highest BCUT2D eigenvalue weighted by molar-refractivity contribution is 7.92. The first-order valence-corrected chi connectivity index (χ1v) is 17.3. The SMILES string of the molecule is Cc1noc(C)c1S(=O)(=O)Nc1ccc2c(c1)C(=O)N([C@H](C)CO)C[C@H](C)[C@@H](CN(C)C(=O)c1ccncc1)OCCCC[C@H](C)O2. The second-order valence-corrected chi connectivity index (χ2v) is 13.8. The Hall–Kier alpha value is -4.01. The van der Waals surface area contributed by atoms with Crippen LogP contribution in [-0.2, 0) is 14.8 Å². The summed E-state index contributed by atoms with van der Waals surface area (Å²) in [5, 5.41) is 14.0. The van der Waals surface area contributed by atoms with Gasteiger partial charge < -0.3 is 28.9 Å². The zero-order valence-electron chi connectivity index (χ0n) is 27.8. The number of pyridine rings is 1. The van der Waals surface area contributed by atoms with Gasteiger partial charge in [0.2, 0.25) is 0 Å². The molecule has 0 saturated carbocycles. The van der Waals surface area contributed by atoms with E-state index in [-0.39, 0.29) is 65.2 Å². The molecule has 0 aliphatic carbocycles. The number of benzene rings is 1. The summed E-state index contributed by atoms with van der Waals surface area (Å²) in [5.74, 6) is -0.434. The molecule has 0 bridgehead atoms. The zero-order chi connectivity index (χ0) is 34.3. The van der Waals surface area contributed by atoms with E-state index in [9.17, 15) is 23.1 Å². The Morgan fingerprint density at radius 1 is 1.17 bits per heavy atom. The number of hydrogen-bond acceptors (Lipinski definition) is 10. The highest BCUT2D eigenvalue weighted by Gasteiger charge is 2.32. The van der Waals surface area contributed by atoms with Crippen LogP contribution >= 0.6 is 0 Å². The lowest BCUT2D eigenvalue weighted by Gasteiger charge is -2.36. The minimum Gasteiger partial charge on any atom is -0.490 e. The zero-order valence-corrected chi connectivity index (χ0v) is 28.6. The quantitative estimate of drug-likeness (QED) is 0.357. The average molecular weight is 672 g/mol. The Morgan fingerprint density at radius 2 is 1.89 bits per heavy atom. The van der Waals surface area contributed by atoms with Crippen molar-refractivity contribution in [1.29, 1.82) is 0 Å². The van der Waals surface area contributed by atoms with Crippen LogP contribution in [0.1, 0.15) is 72.2 Å². The number of aromatic nitrogens is 2. The predicted molar refractivity (Wildman–Crippen MR) is 175 cm³/mol. The number of sulfonamides is 1. The molecule has 1 aliphatic rings. The van der Waals surface area contributed by atoms with Crippen LogP contribution in [-0.4, -0.2) is 96.9 Å². The van der Waals surface area contributed by atoms with Crippen LogP contribution in [0.4, 0.5) is 5.69 Å². The van der Waals surface area contributed by atoms with Gasteiger partial charge in [-0.15, -0.1) is 0 Å². The maximum atomic E-state index is 14.4. The molecular formula is C33H45N5O8S. The molecular weight excluding hydrogens is 626 g/mol. The van der Waals surface area contributed by atoms with Gasteiger partial charge in [-0.1, -0.05) is 12.1 Å². The Bertz CT molecular complexity index is 1610. The first-order chi connectivity index (χ1) is 22.3. The van der Waals surface area contributed by atoms with Crippen LogP contribution in [0, 0.1) is 19.8 Å². The highest BCUT2D eigenvalue weighted by Crippen LogP contribution is 2.30. The number of aryl methyl sites for hydroxylation is 2. The topological polar surface area (TPSA) is 164 Å². The maximum absolute atomic E-state index is 14.4. The van der Waals surface area contributed by atoms with Gasteiger partial charge in [0.1, 0.15) is 11.4 Å². The van der Waals surface area contributed by atoms with Crippen molar-refractivity contribution < 1.29 is 37.1 Å². The molecule has 0 spiro atoms. The molecule has 4 rings (SSSR count). The lowest BCUT2D eigenvalue weighted by Crippen LogP contribution is -2.48. The van der Waals surface area contributed by atoms with Crippen molar-refractivity contribution >= 4 is 27.5 Å². The number of carbonyl (C=O) groups excluding carboxylic acids is 2. The van der Waals surface area contributed by atoms with E-state index in [0.717, 1.165) is 12.8 Å². The number of nitrogens with zero attached hydrogens (tertiary/aromatic N) is 4. The number of fused-ring (bicyclic) bond motifs is 1. The first-order valence-electron chi connectivity index (χ1n) is 15.8. The third-order valence-corrected chi connectivity index (χ3v) is 9.89. The molecule has 4 atom stereocenters. The minimum absolute atomic E-state index is 0.0726. The van der Waals surface area contributed by atoms with Gasteiger partial charge in [-0.3, -0.25) is 19.3 Å². The number of nitrogens with one attached hydrogen (secondary N) is 1. The summed E-state index contributed by atoms with van der Waals surface area (Å²) in [6.07, 6.45) is 4.72. The van der Waals surface area contributed by atoms with Gasteiger partial charge in [-0.05, 0) is 77.3 Å². The van der Waals surface area contributed by atoms with Crippen LogP contribution in [0.3, 0.4) is 0 Å². The Morgan fingerprint density at radius 3 is 2.55 bits per heavy atom. The largest absolute Gasteiger partial charge is 0.490 e. The summed E-state index contributed by atoms with van der Waals surface area (Å²) in [5.41, 5.74) is 1.01. The van der Waals surface area contributed by atoms with Crippen molar-refractivity contribution in [3.63, 3.8) is 0 Å². The number of hydrogen-bond donors (Lipinski definition) is 2.